The molecule has 0 atom stereocenters. The molecule has 0 saturated carbocycles. The van der Waals surface area contributed by atoms with Gasteiger partial charge in [0.2, 0.25) is 0 Å². The van der Waals surface area contributed by atoms with Gasteiger partial charge in [-0.25, -0.2) is 4.98 Å². The molecule has 0 N–H and O–H groups in total. The summed E-state index contributed by atoms with van der Waals surface area (Å²) in [6, 6.07) is 56.8. The largest absolute Gasteiger partial charge is 0.310 e. The van der Waals surface area contributed by atoms with Crippen molar-refractivity contribution in [2.45, 2.75) is 0 Å². The average Bonchev–Trinajstić information content (AvgIpc) is 3.70. The Kier molecular flexibility index (Phi) is 6.22. The van der Waals surface area contributed by atoms with E-state index in [9.17, 15) is 0 Å². The summed E-state index contributed by atoms with van der Waals surface area (Å²) in [4.78, 5) is 7.29. The van der Waals surface area contributed by atoms with Crippen LogP contribution in [0.5, 0.6) is 0 Å². The van der Waals surface area contributed by atoms with E-state index in [2.05, 4.69) is 163 Å². The van der Waals surface area contributed by atoms with E-state index >= 15 is 0 Å². The number of hydrogen-bond donors (Lipinski definition) is 0. The molecule has 0 bridgehead atoms. The second kappa shape index (κ2) is 10.7. The molecular weight excluding hydrogens is 585 g/mol. The van der Waals surface area contributed by atoms with Crippen molar-refractivity contribution in [2.75, 3.05) is 4.90 Å². The Balaban J connectivity index is 1.17. The Morgan fingerprint density at radius 3 is 1.96 bits per heavy atom. The van der Waals surface area contributed by atoms with Crippen molar-refractivity contribution in [1.82, 2.24) is 4.98 Å². The second-order valence-electron chi connectivity index (χ2n) is 11.3. The van der Waals surface area contributed by atoms with Crippen LogP contribution in [0.15, 0.2) is 158 Å². The molecule has 9 aromatic rings. The molecule has 4 heteroatoms. The monoisotopic (exact) mass is 610 g/mol. The summed E-state index contributed by atoms with van der Waals surface area (Å²) in [6.07, 6.45) is 0. The molecule has 0 unspecified atom stereocenters. The van der Waals surface area contributed by atoms with E-state index in [-0.39, 0.29) is 0 Å². The molecule has 2 aromatic heterocycles. The minimum atomic E-state index is 1.06. The van der Waals surface area contributed by atoms with Crippen LogP contribution in [0.1, 0.15) is 0 Å². The van der Waals surface area contributed by atoms with Gasteiger partial charge < -0.3 is 4.90 Å². The van der Waals surface area contributed by atoms with Gasteiger partial charge in [0.15, 0.2) is 0 Å². The molecule has 2 heterocycles. The molecule has 0 spiro atoms. The van der Waals surface area contributed by atoms with E-state index in [1.165, 1.54) is 52.3 Å². The molecule has 212 valence electrons. The minimum Gasteiger partial charge on any atom is -0.310 e. The third-order valence-corrected chi connectivity index (χ3v) is 10.7. The predicted molar refractivity (Wildman–Crippen MR) is 196 cm³/mol. The highest BCUT2D eigenvalue weighted by atomic mass is 32.1. The van der Waals surface area contributed by atoms with Gasteiger partial charge in [0.05, 0.1) is 10.2 Å². The summed E-state index contributed by atoms with van der Waals surface area (Å²) in [5.41, 5.74) is 8.06. The van der Waals surface area contributed by atoms with Crippen LogP contribution >= 0.6 is 22.7 Å². The Labute approximate surface area is 269 Å². The van der Waals surface area contributed by atoms with Gasteiger partial charge in [-0.2, -0.15) is 0 Å². The number of rotatable bonds is 5. The van der Waals surface area contributed by atoms with Crippen LogP contribution in [0.25, 0.3) is 62.9 Å². The van der Waals surface area contributed by atoms with Gasteiger partial charge in [-0.1, -0.05) is 97.1 Å². The fraction of sp³-hybridized carbons (Fsp3) is 0. The third-order valence-electron chi connectivity index (χ3n) is 8.48. The number of benzene rings is 7. The lowest BCUT2D eigenvalue weighted by Crippen LogP contribution is -2.09. The van der Waals surface area contributed by atoms with E-state index in [4.69, 9.17) is 4.98 Å². The van der Waals surface area contributed by atoms with Gasteiger partial charge in [0.25, 0.3) is 0 Å². The first-order chi connectivity index (χ1) is 22.3. The number of thiophene rings is 1. The maximum absolute atomic E-state index is 4.91. The van der Waals surface area contributed by atoms with Gasteiger partial charge in [-0.15, -0.1) is 22.7 Å². The van der Waals surface area contributed by atoms with Crippen molar-refractivity contribution in [1.29, 1.82) is 0 Å². The van der Waals surface area contributed by atoms with Crippen LogP contribution in [-0.4, -0.2) is 4.98 Å². The summed E-state index contributed by atoms with van der Waals surface area (Å²) >= 11 is 3.60. The highest BCUT2D eigenvalue weighted by Crippen LogP contribution is 2.43. The highest BCUT2D eigenvalue weighted by molar-refractivity contribution is 7.26. The Morgan fingerprint density at radius 2 is 1.09 bits per heavy atom. The Bertz CT molecular complexity index is 2460. The van der Waals surface area contributed by atoms with Crippen molar-refractivity contribution in [3.63, 3.8) is 0 Å². The lowest BCUT2D eigenvalue weighted by Gasteiger charge is -2.26. The summed E-state index contributed by atoms with van der Waals surface area (Å²) in [6.45, 7) is 0. The van der Waals surface area contributed by atoms with Crippen molar-refractivity contribution in [3.8, 4) is 21.7 Å². The highest BCUT2D eigenvalue weighted by Gasteiger charge is 2.16. The molecule has 7 aromatic carbocycles. The van der Waals surface area contributed by atoms with Crippen LogP contribution in [0.2, 0.25) is 0 Å². The fourth-order valence-electron chi connectivity index (χ4n) is 6.23. The third kappa shape index (κ3) is 4.67. The standard InChI is InChI=1S/C41H26N2S2/c1-2-8-27(9-3-1)29-14-18-32(19-15-29)43(33-20-16-28-10-4-5-11-30(28)24-33)34-21-23-38-36(26-34)35-22-17-31(25-40(35)44-38)41-42-37-12-6-7-13-39(37)45-41/h1-26H. The SMILES string of the molecule is c1ccc(-c2ccc(N(c3ccc4ccccc4c3)c3ccc4sc5cc(-c6nc7ccccc7s6)ccc5c4c3)cc2)cc1. The van der Waals surface area contributed by atoms with Crippen LogP contribution in [0.4, 0.5) is 17.1 Å². The topological polar surface area (TPSA) is 16.1 Å². The predicted octanol–water partition coefficient (Wildman–Crippen LogP) is 12.6. The first-order valence-corrected chi connectivity index (χ1v) is 16.7. The summed E-state index contributed by atoms with van der Waals surface area (Å²) < 4.78 is 3.79. The fourth-order valence-corrected chi connectivity index (χ4v) is 8.32. The smallest absolute Gasteiger partial charge is 0.124 e. The number of para-hydroxylation sites is 1. The van der Waals surface area contributed by atoms with E-state index in [0.717, 1.165) is 27.6 Å². The number of hydrogen-bond acceptors (Lipinski definition) is 4. The van der Waals surface area contributed by atoms with Gasteiger partial charge in [-0.3, -0.25) is 0 Å². The molecule has 45 heavy (non-hydrogen) atoms. The maximum Gasteiger partial charge on any atom is 0.124 e. The average molecular weight is 611 g/mol. The quantitative estimate of drug-likeness (QED) is 0.193. The molecule has 0 aliphatic carbocycles. The summed E-state index contributed by atoms with van der Waals surface area (Å²) in [5.74, 6) is 0. The maximum atomic E-state index is 4.91. The zero-order valence-electron chi connectivity index (χ0n) is 24.2. The number of anilines is 3. The van der Waals surface area contributed by atoms with Crippen molar-refractivity contribution >= 4 is 80.9 Å². The second-order valence-corrected chi connectivity index (χ2v) is 13.4. The first-order valence-electron chi connectivity index (χ1n) is 15.0. The number of aromatic nitrogens is 1. The van der Waals surface area contributed by atoms with Gasteiger partial charge >= 0.3 is 0 Å². The lowest BCUT2D eigenvalue weighted by molar-refractivity contribution is 1.30. The molecule has 9 rings (SSSR count). The number of nitrogens with zero attached hydrogens (tertiary/aromatic N) is 2. The molecule has 0 saturated heterocycles. The van der Waals surface area contributed by atoms with Crippen molar-refractivity contribution in [2.24, 2.45) is 0 Å². The first kappa shape index (κ1) is 26.1. The van der Waals surface area contributed by atoms with E-state index in [0.29, 0.717) is 0 Å². The lowest BCUT2D eigenvalue weighted by atomic mass is 10.0. The molecule has 0 aliphatic rings. The summed E-state index contributed by atoms with van der Waals surface area (Å²) in [7, 11) is 0. The van der Waals surface area contributed by atoms with Crippen LogP contribution in [0, 0.1) is 0 Å². The van der Waals surface area contributed by atoms with E-state index in [1.807, 2.05) is 11.3 Å². The number of fused-ring (bicyclic) bond motifs is 5. The normalized spacial score (nSPS) is 11.6. The van der Waals surface area contributed by atoms with Crippen LogP contribution < -0.4 is 4.90 Å². The molecule has 2 nitrogen and oxygen atoms in total. The van der Waals surface area contributed by atoms with Crippen LogP contribution in [0.3, 0.4) is 0 Å². The molecule has 0 aliphatic heterocycles. The van der Waals surface area contributed by atoms with Gasteiger partial charge in [0.1, 0.15) is 5.01 Å². The number of thiazole rings is 1. The Morgan fingerprint density at radius 1 is 0.400 bits per heavy atom. The summed E-state index contributed by atoms with van der Waals surface area (Å²) in [5, 5.41) is 6.08. The zero-order valence-corrected chi connectivity index (χ0v) is 25.9. The Hall–Kier alpha value is -5.29. The van der Waals surface area contributed by atoms with Crippen LogP contribution in [-0.2, 0) is 0 Å². The van der Waals surface area contributed by atoms with Gasteiger partial charge in [0, 0.05) is 42.8 Å². The van der Waals surface area contributed by atoms with Crippen molar-refractivity contribution < 1.29 is 0 Å². The zero-order chi connectivity index (χ0) is 29.7. The molecular formula is C41H26N2S2. The minimum absolute atomic E-state index is 1.06. The molecule has 0 amide bonds. The van der Waals surface area contributed by atoms with Crippen molar-refractivity contribution in [3.05, 3.63) is 158 Å². The molecule has 0 radical (unpaired) electrons. The van der Waals surface area contributed by atoms with E-state index < -0.39 is 0 Å². The molecule has 0 fully saturated rings. The van der Waals surface area contributed by atoms with E-state index in [1.54, 1.807) is 11.3 Å². The van der Waals surface area contributed by atoms with Gasteiger partial charge in [-0.05, 0) is 82.6 Å².